The number of aryl methyl sites for hydroxylation is 1. The number of hydrogen-bond acceptors (Lipinski definition) is 3. The molecule has 110 valence electrons. The Balaban J connectivity index is 1.90. The molecule has 2 rings (SSSR count). The first-order chi connectivity index (χ1) is 10.1. The van der Waals surface area contributed by atoms with Crippen molar-refractivity contribution in [2.45, 2.75) is 13.5 Å². The Morgan fingerprint density at radius 3 is 2.67 bits per heavy atom. The van der Waals surface area contributed by atoms with E-state index in [9.17, 15) is 4.79 Å². The number of carbonyl (C=O) groups excluding carboxylic acids is 1. The minimum atomic E-state index is -0.0688. The molecule has 4 nitrogen and oxygen atoms in total. The van der Waals surface area contributed by atoms with Gasteiger partial charge in [-0.25, -0.2) is 0 Å². The predicted octanol–water partition coefficient (Wildman–Crippen LogP) is 2.61. The lowest BCUT2D eigenvalue weighted by molar-refractivity contribution is -0.132. The van der Waals surface area contributed by atoms with Gasteiger partial charge in [0.05, 0.1) is 0 Å². The maximum Gasteiger partial charge on any atom is 0.260 e. The lowest BCUT2D eigenvalue weighted by atomic mass is 10.1. The van der Waals surface area contributed by atoms with Crippen LogP contribution in [-0.2, 0) is 11.3 Å². The van der Waals surface area contributed by atoms with Crippen molar-refractivity contribution < 1.29 is 9.53 Å². The van der Waals surface area contributed by atoms with E-state index in [-0.39, 0.29) is 12.5 Å². The third-order valence-corrected chi connectivity index (χ3v) is 3.31. The molecule has 2 aromatic rings. The number of likely N-dealkylation sites (N-methyl/N-ethyl adjacent to an activating group) is 1. The van der Waals surface area contributed by atoms with Crippen molar-refractivity contribution in [2.75, 3.05) is 19.4 Å². The molecule has 0 aliphatic rings. The summed E-state index contributed by atoms with van der Waals surface area (Å²) in [6.45, 7) is 2.62. The van der Waals surface area contributed by atoms with Gasteiger partial charge in [-0.15, -0.1) is 0 Å². The average molecular weight is 284 g/mol. The van der Waals surface area contributed by atoms with Crippen molar-refractivity contribution in [3.05, 3.63) is 59.7 Å². The number of rotatable bonds is 5. The number of anilines is 1. The third kappa shape index (κ3) is 4.24. The molecule has 1 amide bonds. The molecule has 0 saturated heterocycles. The Hall–Kier alpha value is -2.49. The lowest BCUT2D eigenvalue weighted by Crippen LogP contribution is -2.31. The Morgan fingerprint density at radius 1 is 1.19 bits per heavy atom. The number of amides is 1. The summed E-state index contributed by atoms with van der Waals surface area (Å²) in [4.78, 5) is 13.7. The van der Waals surface area contributed by atoms with Crippen molar-refractivity contribution in [3.63, 3.8) is 0 Å². The van der Waals surface area contributed by atoms with Crippen molar-refractivity contribution in [1.29, 1.82) is 0 Å². The van der Waals surface area contributed by atoms with Gasteiger partial charge in [0.1, 0.15) is 5.75 Å². The average Bonchev–Trinajstić information content (AvgIpc) is 2.47. The van der Waals surface area contributed by atoms with Crippen LogP contribution in [0.25, 0.3) is 0 Å². The van der Waals surface area contributed by atoms with Gasteiger partial charge >= 0.3 is 0 Å². The molecule has 21 heavy (non-hydrogen) atoms. The molecule has 0 aromatic heterocycles. The highest BCUT2D eigenvalue weighted by molar-refractivity contribution is 5.77. The molecule has 0 radical (unpaired) electrons. The Bertz CT molecular complexity index is 626. The summed E-state index contributed by atoms with van der Waals surface area (Å²) < 4.78 is 5.47. The molecular weight excluding hydrogens is 264 g/mol. The number of benzene rings is 2. The Kier molecular flexibility index (Phi) is 4.82. The molecule has 4 heteroatoms. The molecule has 0 fully saturated rings. The highest BCUT2D eigenvalue weighted by Crippen LogP contribution is 2.15. The zero-order valence-electron chi connectivity index (χ0n) is 12.4. The summed E-state index contributed by atoms with van der Waals surface area (Å²) in [6.07, 6.45) is 0. The van der Waals surface area contributed by atoms with Crippen molar-refractivity contribution in [1.82, 2.24) is 4.90 Å². The molecule has 0 bridgehead atoms. The predicted molar refractivity (Wildman–Crippen MR) is 84.0 cm³/mol. The molecule has 0 heterocycles. The number of nitrogens with two attached hydrogens (primary N) is 1. The molecule has 0 saturated carbocycles. The van der Waals surface area contributed by atoms with E-state index in [1.165, 1.54) is 5.56 Å². The van der Waals surface area contributed by atoms with Gasteiger partial charge in [-0.2, -0.15) is 0 Å². The fourth-order valence-electron chi connectivity index (χ4n) is 1.99. The molecule has 0 aliphatic heterocycles. The highest BCUT2D eigenvalue weighted by atomic mass is 16.5. The van der Waals surface area contributed by atoms with Gasteiger partial charge in [-0.1, -0.05) is 30.3 Å². The van der Waals surface area contributed by atoms with E-state index in [0.29, 0.717) is 18.0 Å². The van der Waals surface area contributed by atoms with Gasteiger partial charge in [0.15, 0.2) is 6.61 Å². The van der Waals surface area contributed by atoms with Gasteiger partial charge in [0.25, 0.3) is 5.91 Å². The second kappa shape index (κ2) is 6.79. The molecule has 0 unspecified atom stereocenters. The summed E-state index contributed by atoms with van der Waals surface area (Å²) in [5.74, 6) is 0.535. The summed E-state index contributed by atoms with van der Waals surface area (Å²) >= 11 is 0. The van der Waals surface area contributed by atoms with E-state index in [2.05, 4.69) is 0 Å². The Labute approximate surface area is 125 Å². The summed E-state index contributed by atoms with van der Waals surface area (Å²) in [5.41, 5.74) is 8.60. The van der Waals surface area contributed by atoms with Crippen LogP contribution in [0.2, 0.25) is 0 Å². The van der Waals surface area contributed by atoms with Crippen LogP contribution in [0.4, 0.5) is 5.69 Å². The van der Waals surface area contributed by atoms with E-state index in [0.717, 1.165) is 5.56 Å². The molecule has 2 N–H and O–H groups in total. The first-order valence-electron chi connectivity index (χ1n) is 6.83. The normalized spacial score (nSPS) is 10.2. The number of nitrogen functional groups attached to an aromatic ring is 1. The molecule has 2 aromatic carbocycles. The van der Waals surface area contributed by atoms with Crippen LogP contribution in [0.5, 0.6) is 5.75 Å². The summed E-state index contributed by atoms with van der Waals surface area (Å²) in [7, 11) is 1.78. The molecule has 0 atom stereocenters. The fourth-order valence-corrected chi connectivity index (χ4v) is 1.99. The third-order valence-electron chi connectivity index (χ3n) is 3.31. The van der Waals surface area contributed by atoms with E-state index < -0.39 is 0 Å². The van der Waals surface area contributed by atoms with Crippen LogP contribution in [0.1, 0.15) is 11.1 Å². The zero-order valence-corrected chi connectivity index (χ0v) is 12.4. The lowest BCUT2D eigenvalue weighted by Gasteiger charge is -2.18. The minimum Gasteiger partial charge on any atom is -0.484 e. The Morgan fingerprint density at radius 2 is 1.95 bits per heavy atom. The minimum absolute atomic E-state index is 0.00579. The van der Waals surface area contributed by atoms with Gasteiger partial charge in [-0.3, -0.25) is 4.79 Å². The van der Waals surface area contributed by atoms with Gasteiger partial charge < -0.3 is 15.4 Å². The largest absolute Gasteiger partial charge is 0.484 e. The van der Waals surface area contributed by atoms with Crippen LogP contribution in [0.3, 0.4) is 0 Å². The van der Waals surface area contributed by atoms with Crippen molar-refractivity contribution in [3.8, 4) is 5.75 Å². The smallest absolute Gasteiger partial charge is 0.260 e. The quantitative estimate of drug-likeness (QED) is 0.859. The second-order valence-electron chi connectivity index (χ2n) is 5.04. The van der Waals surface area contributed by atoms with Gasteiger partial charge in [0.2, 0.25) is 0 Å². The first kappa shape index (κ1) is 14.9. The first-order valence-corrected chi connectivity index (χ1v) is 6.83. The second-order valence-corrected chi connectivity index (χ2v) is 5.04. The highest BCUT2D eigenvalue weighted by Gasteiger charge is 2.11. The number of ether oxygens (including phenoxy) is 1. The van der Waals surface area contributed by atoms with E-state index in [1.54, 1.807) is 36.2 Å². The van der Waals surface area contributed by atoms with Crippen LogP contribution < -0.4 is 10.5 Å². The standard InChI is InChI=1S/C17H20N2O2/c1-13-6-3-4-7-14(13)11-19(2)17(20)12-21-16-9-5-8-15(18)10-16/h3-10H,11-12,18H2,1-2H3. The monoisotopic (exact) mass is 284 g/mol. The fraction of sp³-hybridized carbons (Fsp3) is 0.235. The van der Waals surface area contributed by atoms with Gasteiger partial charge in [-0.05, 0) is 30.2 Å². The van der Waals surface area contributed by atoms with Crippen LogP contribution in [0, 0.1) is 6.92 Å². The molecule has 0 aliphatic carbocycles. The van der Waals surface area contributed by atoms with Crippen molar-refractivity contribution in [2.24, 2.45) is 0 Å². The molecular formula is C17H20N2O2. The van der Waals surface area contributed by atoms with Gasteiger partial charge in [0, 0.05) is 25.3 Å². The maximum absolute atomic E-state index is 12.1. The van der Waals surface area contributed by atoms with Crippen LogP contribution in [-0.4, -0.2) is 24.5 Å². The van der Waals surface area contributed by atoms with Crippen molar-refractivity contribution >= 4 is 11.6 Å². The van der Waals surface area contributed by atoms with E-state index in [4.69, 9.17) is 10.5 Å². The number of nitrogens with zero attached hydrogens (tertiary/aromatic N) is 1. The topological polar surface area (TPSA) is 55.6 Å². The maximum atomic E-state index is 12.1. The van der Waals surface area contributed by atoms with E-state index >= 15 is 0 Å². The number of carbonyl (C=O) groups is 1. The molecule has 0 spiro atoms. The van der Waals surface area contributed by atoms with E-state index in [1.807, 2.05) is 31.2 Å². The zero-order chi connectivity index (χ0) is 15.2. The summed E-state index contributed by atoms with van der Waals surface area (Å²) in [6, 6.07) is 15.1. The van der Waals surface area contributed by atoms with Crippen LogP contribution >= 0.6 is 0 Å². The summed E-state index contributed by atoms with van der Waals surface area (Å²) in [5, 5.41) is 0. The number of hydrogen-bond donors (Lipinski definition) is 1. The SMILES string of the molecule is Cc1ccccc1CN(C)C(=O)COc1cccc(N)c1. The van der Waals surface area contributed by atoms with Crippen LogP contribution in [0.15, 0.2) is 48.5 Å².